The fraction of sp³-hybridized carbons (Fsp3) is 0.400. The van der Waals surface area contributed by atoms with Gasteiger partial charge in [-0.15, -0.1) is 0 Å². The summed E-state index contributed by atoms with van der Waals surface area (Å²) in [5.41, 5.74) is 3.87. The molecule has 0 saturated carbocycles. The van der Waals surface area contributed by atoms with Gasteiger partial charge in [0.25, 0.3) is 0 Å². The van der Waals surface area contributed by atoms with Crippen molar-refractivity contribution in [2.45, 2.75) is 88.5 Å². The number of ether oxygens (including phenoxy) is 7. The topological polar surface area (TPSA) is 105 Å². The van der Waals surface area contributed by atoms with Crippen LogP contribution in [-0.4, -0.2) is 78.5 Å². The van der Waals surface area contributed by atoms with Crippen LogP contribution in [0.5, 0.6) is 0 Å². The van der Waals surface area contributed by atoms with Gasteiger partial charge in [0.2, 0.25) is 0 Å². The van der Waals surface area contributed by atoms with Crippen molar-refractivity contribution in [3.63, 3.8) is 0 Å². The van der Waals surface area contributed by atoms with E-state index in [1.165, 1.54) is 0 Å². The first-order valence-corrected chi connectivity index (χ1v) is 16.9. The molecule has 0 spiro atoms. The quantitative estimate of drug-likeness (QED) is 0.176. The molecule has 4 aromatic carbocycles. The Kier molecular flexibility index (Phi) is 13.0. The van der Waals surface area contributed by atoms with Gasteiger partial charge in [-0.25, -0.2) is 0 Å². The molecule has 49 heavy (non-hydrogen) atoms. The van der Waals surface area contributed by atoms with Gasteiger partial charge in [-0.1, -0.05) is 121 Å². The Morgan fingerprint density at radius 2 is 1.02 bits per heavy atom. The van der Waals surface area contributed by atoms with Crippen molar-refractivity contribution in [2.75, 3.05) is 13.2 Å². The summed E-state index contributed by atoms with van der Waals surface area (Å²) < 4.78 is 44.3. The Hall–Kier alpha value is -3.48. The second-order valence-corrected chi connectivity index (χ2v) is 12.5. The highest BCUT2D eigenvalue weighted by Crippen LogP contribution is 2.32. The lowest BCUT2D eigenvalue weighted by Crippen LogP contribution is -2.64. The largest absolute Gasteiger partial charge is 0.388 e. The van der Waals surface area contributed by atoms with Crippen LogP contribution in [0.15, 0.2) is 121 Å². The average molecular weight is 671 g/mol. The van der Waals surface area contributed by atoms with Crippen molar-refractivity contribution in [3.05, 3.63) is 144 Å². The zero-order valence-electron chi connectivity index (χ0n) is 27.7. The molecular weight excluding hydrogens is 624 g/mol. The Balaban J connectivity index is 1.24. The lowest BCUT2D eigenvalue weighted by Gasteiger charge is -2.47. The normalized spacial score (nSPS) is 28.7. The lowest BCUT2D eigenvalue weighted by atomic mass is 9.97. The van der Waals surface area contributed by atoms with Gasteiger partial charge in [0.1, 0.15) is 42.7 Å². The molecule has 5 unspecified atom stereocenters. The molecule has 9 atom stereocenters. The highest BCUT2D eigenvalue weighted by atomic mass is 16.7. The third kappa shape index (κ3) is 9.82. The van der Waals surface area contributed by atoms with Crippen molar-refractivity contribution >= 4 is 0 Å². The van der Waals surface area contributed by atoms with Gasteiger partial charge in [-0.05, 0) is 29.2 Å². The fourth-order valence-corrected chi connectivity index (χ4v) is 6.17. The van der Waals surface area contributed by atoms with E-state index >= 15 is 0 Å². The Morgan fingerprint density at radius 1 is 0.571 bits per heavy atom. The number of rotatable bonds is 15. The van der Waals surface area contributed by atoms with E-state index in [1.54, 1.807) is 0 Å². The summed E-state index contributed by atoms with van der Waals surface area (Å²) in [6, 6.07) is 39.1. The minimum atomic E-state index is -1.16. The van der Waals surface area contributed by atoms with E-state index in [4.69, 9.17) is 33.2 Å². The van der Waals surface area contributed by atoms with Crippen LogP contribution >= 0.6 is 0 Å². The van der Waals surface area contributed by atoms with Crippen molar-refractivity contribution in [1.29, 1.82) is 0 Å². The predicted octanol–water partition coefficient (Wildman–Crippen LogP) is 5.21. The number of hydrogen-bond acceptors (Lipinski definition) is 9. The van der Waals surface area contributed by atoms with Gasteiger partial charge in [0.05, 0.1) is 45.7 Å². The molecule has 0 bridgehead atoms. The fourth-order valence-electron chi connectivity index (χ4n) is 6.17. The van der Waals surface area contributed by atoms with Crippen LogP contribution in [0.4, 0.5) is 0 Å². The summed E-state index contributed by atoms with van der Waals surface area (Å²) in [5.74, 6) is 0. The number of aliphatic hydroxyl groups is 2. The van der Waals surface area contributed by atoms with Crippen LogP contribution in [0, 0.1) is 0 Å². The standard InChI is InChI=1S/C40H46O9/c1-28-36(45-23-30-16-8-3-9-17-30)37(33(41)26-44-28)49-40-39(47-25-32-20-12-5-13-21-32)35(42)38(46-24-31-18-10-4-11-19-31)34(48-40)27-43-22-29-14-6-2-7-15-29/h2-21,28,33-42H,22-27H2,1H3/t28?,33-,34?,35?,36+,37?,38-,39?,40-/m1/s1. The summed E-state index contributed by atoms with van der Waals surface area (Å²) in [6.45, 7) is 3.19. The van der Waals surface area contributed by atoms with E-state index in [0.717, 1.165) is 22.3 Å². The van der Waals surface area contributed by atoms with E-state index < -0.39 is 49.0 Å². The molecule has 9 heteroatoms. The molecule has 6 rings (SSSR count). The Labute approximate surface area is 288 Å². The van der Waals surface area contributed by atoms with E-state index in [0.29, 0.717) is 13.2 Å². The Bertz CT molecular complexity index is 1490. The summed E-state index contributed by atoms with van der Waals surface area (Å²) in [4.78, 5) is 0. The smallest absolute Gasteiger partial charge is 0.187 e. The molecule has 4 aromatic rings. The molecule has 2 saturated heterocycles. The number of benzene rings is 4. The van der Waals surface area contributed by atoms with E-state index in [1.807, 2.05) is 128 Å². The molecule has 9 nitrogen and oxygen atoms in total. The van der Waals surface area contributed by atoms with Crippen molar-refractivity contribution in [2.24, 2.45) is 0 Å². The molecule has 2 fully saturated rings. The van der Waals surface area contributed by atoms with Crippen LogP contribution in [0.25, 0.3) is 0 Å². The molecule has 0 amide bonds. The maximum atomic E-state index is 12.0. The summed E-state index contributed by atoms with van der Waals surface area (Å²) in [5, 5.41) is 23.2. The third-order valence-corrected chi connectivity index (χ3v) is 8.85. The predicted molar refractivity (Wildman–Crippen MR) is 182 cm³/mol. The molecule has 0 aromatic heterocycles. The zero-order chi connectivity index (χ0) is 33.8. The van der Waals surface area contributed by atoms with Crippen LogP contribution < -0.4 is 0 Å². The van der Waals surface area contributed by atoms with Crippen LogP contribution in [0.3, 0.4) is 0 Å². The maximum Gasteiger partial charge on any atom is 0.187 e. The third-order valence-electron chi connectivity index (χ3n) is 8.85. The van der Waals surface area contributed by atoms with Crippen molar-refractivity contribution < 1.29 is 43.4 Å². The first kappa shape index (κ1) is 35.3. The van der Waals surface area contributed by atoms with Crippen LogP contribution in [0.1, 0.15) is 29.2 Å². The van der Waals surface area contributed by atoms with Gasteiger partial charge < -0.3 is 43.4 Å². The molecule has 260 valence electrons. The van der Waals surface area contributed by atoms with Gasteiger partial charge in [-0.3, -0.25) is 0 Å². The first-order chi connectivity index (χ1) is 24.0. The minimum Gasteiger partial charge on any atom is -0.388 e. The maximum absolute atomic E-state index is 12.0. The second kappa shape index (κ2) is 18.0. The lowest BCUT2D eigenvalue weighted by molar-refractivity contribution is -0.350. The first-order valence-electron chi connectivity index (χ1n) is 16.9. The molecule has 0 aliphatic carbocycles. The van der Waals surface area contributed by atoms with Crippen molar-refractivity contribution in [3.8, 4) is 0 Å². The van der Waals surface area contributed by atoms with Gasteiger partial charge in [0, 0.05) is 0 Å². The van der Waals surface area contributed by atoms with Crippen LogP contribution in [0.2, 0.25) is 0 Å². The second-order valence-electron chi connectivity index (χ2n) is 12.5. The van der Waals surface area contributed by atoms with E-state index in [-0.39, 0.29) is 32.5 Å². The molecule has 0 radical (unpaired) electrons. The zero-order valence-corrected chi connectivity index (χ0v) is 27.7. The molecular formula is C40H46O9. The molecule has 2 aliphatic heterocycles. The molecule has 2 aliphatic rings. The SMILES string of the molecule is CC1OC[C@@H](O)C(O[C@H]2OC(COCc3ccccc3)[C@@H](OCc3ccccc3)C(O)C2OCc2ccccc2)[C@H]1OCc1ccccc1. The van der Waals surface area contributed by atoms with Gasteiger partial charge in [-0.2, -0.15) is 0 Å². The van der Waals surface area contributed by atoms with Crippen LogP contribution in [-0.2, 0) is 59.6 Å². The summed E-state index contributed by atoms with van der Waals surface area (Å²) in [7, 11) is 0. The highest BCUT2D eigenvalue weighted by molar-refractivity contribution is 5.16. The minimum absolute atomic E-state index is 0.0638. The Morgan fingerprint density at radius 3 is 1.53 bits per heavy atom. The van der Waals surface area contributed by atoms with Gasteiger partial charge >= 0.3 is 0 Å². The summed E-state index contributed by atoms with van der Waals surface area (Å²) in [6.07, 6.45) is -7.58. The summed E-state index contributed by atoms with van der Waals surface area (Å²) >= 11 is 0. The monoisotopic (exact) mass is 670 g/mol. The number of hydrogen-bond donors (Lipinski definition) is 2. The van der Waals surface area contributed by atoms with Gasteiger partial charge in [0.15, 0.2) is 6.29 Å². The van der Waals surface area contributed by atoms with E-state index in [9.17, 15) is 10.2 Å². The molecule has 2 N–H and O–H groups in total. The number of aliphatic hydroxyl groups excluding tert-OH is 2. The van der Waals surface area contributed by atoms with E-state index in [2.05, 4.69) is 0 Å². The molecule has 2 heterocycles. The highest BCUT2D eigenvalue weighted by Gasteiger charge is 2.50. The average Bonchev–Trinajstić information content (AvgIpc) is 3.14. The van der Waals surface area contributed by atoms with Crippen molar-refractivity contribution in [1.82, 2.24) is 0 Å².